The summed E-state index contributed by atoms with van der Waals surface area (Å²) in [6.45, 7) is 0.670. The Morgan fingerprint density at radius 3 is 3.00 bits per heavy atom. The third-order valence-corrected chi connectivity index (χ3v) is 3.39. The molecule has 1 fully saturated rings. The highest BCUT2D eigenvalue weighted by atomic mass is 35.5. The van der Waals surface area contributed by atoms with Gasteiger partial charge in [0.05, 0.1) is 23.2 Å². The molecule has 1 aromatic carbocycles. The largest absolute Gasteiger partial charge is 0.399 e. The number of nitrogen functional groups attached to an aromatic ring is 1. The zero-order valence-corrected chi connectivity index (χ0v) is 10.2. The molecule has 92 valence electrons. The Labute approximate surface area is 105 Å². The second-order valence-corrected chi connectivity index (χ2v) is 4.62. The normalized spacial score (nSPS) is 19.6. The summed E-state index contributed by atoms with van der Waals surface area (Å²) in [6, 6.07) is 4.77. The molecule has 0 spiro atoms. The monoisotopic (exact) mass is 254 g/mol. The summed E-state index contributed by atoms with van der Waals surface area (Å²) in [7, 11) is 0. The van der Waals surface area contributed by atoms with Crippen LogP contribution in [0.15, 0.2) is 18.2 Å². The van der Waals surface area contributed by atoms with Crippen molar-refractivity contribution in [1.82, 2.24) is 4.90 Å². The first-order chi connectivity index (χ1) is 8.13. The SMILES string of the molecule is Nc1ccc(C(=O)N2CCCC2CO)c(Cl)c1. The van der Waals surface area contributed by atoms with Crippen LogP contribution in [0.1, 0.15) is 23.2 Å². The Hall–Kier alpha value is -1.26. The zero-order valence-electron chi connectivity index (χ0n) is 9.40. The summed E-state index contributed by atoms with van der Waals surface area (Å²) >= 11 is 6.00. The molecular formula is C12H15ClN2O2. The number of hydrogen-bond donors (Lipinski definition) is 2. The lowest BCUT2D eigenvalue weighted by atomic mass is 10.1. The maximum absolute atomic E-state index is 12.2. The maximum Gasteiger partial charge on any atom is 0.255 e. The molecule has 1 saturated heterocycles. The zero-order chi connectivity index (χ0) is 12.4. The Balaban J connectivity index is 2.24. The number of hydrogen-bond acceptors (Lipinski definition) is 3. The van der Waals surface area contributed by atoms with Crippen LogP contribution in [-0.4, -0.2) is 35.1 Å². The molecule has 0 saturated carbocycles. The van der Waals surface area contributed by atoms with Crippen molar-refractivity contribution in [3.8, 4) is 0 Å². The van der Waals surface area contributed by atoms with E-state index in [-0.39, 0.29) is 18.6 Å². The first-order valence-electron chi connectivity index (χ1n) is 5.60. The topological polar surface area (TPSA) is 66.6 Å². The van der Waals surface area contributed by atoms with E-state index in [0.29, 0.717) is 22.8 Å². The molecule has 3 N–H and O–H groups in total. The Bertz CT molecular complexity index is 437. The van der Waals surface area contributed by atoms with Crippen molar-refractivity contribution in [2.75, 3.05) is 18.9 Å². The van der Waals surface area contributed by atoms with Gasteiger partial charge in [0.1, 0.15) is 0 Å². The summed E-state index contributed by atoms with van der Waals surface area (Å²) in [5.74, 6) is -0.133. The second-order valence-electron chi connectivity index (χ2n) is 4.22. The van der Waals surface area contributed by atoms with Crippen LogP contribution in [0.4, 0.5) is 5.69 Å². The van der Waals surface area contributed by atoms with Crippen molar-refractivity contribution >= 4 is 23.2 Å². The predicted molar refractivity (Wildman–Crippen MR) is 67.0 cm³/mol. The molecule has 0 radical (unpaired) electrons. The van der Waals surface area contributed by atoms with Crippen molar-refractivity contribution in [2.45, 2.75) is 18.9 Å². The fraction of sp³-hybridized carbons (Fsp3) is 0.417. The molecule has 1 heterocycles. The third kappa shape index (κ3) is 2.37. The first kappa shape index (κ1) is 12.2. The molecule has 0 aliphatic carbocycles. The molecule has 1 aromatic rings. The summed E-state index contributed by atoms with van der Waals surface area (Å²) in [5, 5.41) is 9.56. The lowest BCUT2D eigenvalue weighted by Crippen LogP contribution is -2.37. The standard InChI is InChI=1S/C12H15ClN2O2/c13-11-6-8(14)3-4-10(11)12(17)15-5-1-2-9(15)7-16/h3-4,6,9,16H,1-2,5,7,14H2. The van der Waals surface area contributed by atoms with Gasteiger partial charge in [-0.1, -0.05) is 11.6 Å². The summed E-state index contributed by atoms with van der Waals surface area (Å²) in [5.41, 5.74) is 6.56. The molecule has 0 bridgehead atoms. The van der Waals surface area contributed by atoms with Gasteiger partial charge in [-0.2, -0.15) is 0 Å². The number of carbonyl (C=O) groups excluding carboxylic acids is 1. The van der Waals surface area contributed by atoms with Gasteiger partial charge in [0, 0.05) is 12.2 Å². The molecule has 1 aliphatic heterocycles. The van der Waals surface area contributed by atoms with E-state index >= 15 is 0 Å². The van der Waals surface area contributed by atoms with Crippen LogP contribution >= 0.6 is 11.6 Å². The molecule has 2 rings (SSSR count). The van der Waals surface area contributed by atoms with Gasteiger partial charge >= 0.3 is 0 Å². The Morgan fingerprint density at radius 1 is 1.59 bits per heavy atom. The van der Waals surface area contributed by atoms with E-state index in [1.54, 1.807) is 23.1 Å². The number of carbonyl (C=O) groups is 1. The molecule has 17 heavy (non-hydrogen) atoms. The van der Waals surface area contributed by atoms with E-state index in [2.05, 4.69) is 0 Å². The van der Waals surface area contributed by atoms with Crippen LogP contribution in [0.3, 0.4) is 0 Å². The number of rotatable bonds is 2. The number of benzene rings is 1. The molecule has 4 nitrogen and oxygen atoms in total. The molecule has 5 heteroatoms. The number of nitrogens with zero attached hydrogens (tertiary/aromatic N) is 1. The van der Waals surface area contributed by atoms with Crippen LogP contribution in [0.2, 0.25) is 5.02 Å². The van der Waals surface area contributed by atoms with Crippen molar-refractivity contribution in [3.05, 3.63) is 28.8 Å². The van der Waals surface area contributed by atoms with Crippen molar-refractivity contribution in [2.24, 2.45) is 0 Å². The first-order valence-corrected chi connectivity index (χ1v) is 5.98. The van der Waals surface area contributed by atoms with Crippen molar-refractivity contribution in [1.29, 1.82) is 0 Å². The van der Waals surface area contributed by atoms with E-state index < -0.39 is 0 Å². The molecular weight excluding hydrogens is 240 g/mol. The van der Waals surface area contributed by atoms with E-state index in [1.807, 2.05) is 0 Å². The quantitative estimate of drug-likeness (QED) is 0.787. The second kappa shape index (κ2) is 4.94. The molecule has 1 unspecified atom stereocenters. The van der Waals surface area contributed by atoms with E-state index in [4.69, 9.17) is 17.3 Å². The maximum atomic E-state index is 12.2. The smallest absolute Gasteiger partial charge is 0.255 e. The number of aliphatic hydroxyl groups excluding tert-OH is 1. The van der Waals surface area contributed by atoms with Gasteiger partial charge in [-0.3, -0.25) is 4.79 Å². The van der Waals surface area contributed by atoms with Gasteiger partial charge in [0.25, 0.3) is 5.91 Å². The highest BCUT2D eigenvalue weighted by Gasteiger charge is 2.29. The van der Waals surface area contributed by atoms with Gasteiger partial charge in [0.2, 0.25) is 0 Å². The lowest BCUT2D eigenvalue weighted by Gasteiger charge is -2.23. The van der Waals surface area contributed by atoms with E-state index in [1.165, 1.54) is 0 Å². The van der Waals surface area contributed by atoms with Crippen LogP contribution in [0.5, 0.6) is 0 Å². The summed E-state index contributed by atoms with van der Waals surface area (Å²) in [6.07, 6.45) is 1.76. The Morgan fingerprint density at radius 2 is 2.35 bits per heavy atom. The van der Waals surface area contributed by atoms with E-state index in [9.17, 15) is 9.90 Å². The molecule has 1 atom stereocenters. The number of likely N-dealkylation sites (tertiary alicyclic amines) is 1. The predicted octanol–water partition coefficient (Wildman–Crippen LogP) is 1.52. The molecule has 0 aromatic heterocycles. The van der Waals surface area contributed by atoms with Gasteiger partial charge < -0.3 is 15.7 Å². The van der Waals surface area contributed by atoms with Crippen LogP contribution in [0.25, 0.3) is 0 Å². The number of anilines is 1. The average Bonchev–Trinajstić information content (AvgIpc) is 2.76. The van der Waals surface area contributed by atoms with Gasteiger partial charge in [0.15, 0.2) is 0 Å². The number of halogens is 1. The number of amides is 1. The lowest BCUT2D eigenvalue weighted by molar-refractivity contribution is 0.0678. The minimum atomic E-state index is -0.133. The Kier molecular flexibility index (Phi) is 3.54. The van der Waals surface area contributed by atoms with E-state index in [0.717, 1.165) is 12.8 Å². The third-order valence-electron chi connectivity index (χ3n) is 3.07. The summed E-state index contributed by atoms with van der Waals surface area (Å²) < 4.78 is 0. The minimum absolute atomic E-state index is 0.00166. The van der Waals surface area contributed by atoms with Gasteiger partial charge in [-0.05, 0) is 31.0 Å². The molecule has 1 aliphatic rings. The number of aliphatic hydroxyl groups is 1. The highest BCUT2D eigenvalue weighted by Crippen LogP contribution is 2.25. The average molecular weight is 255 g/mol. The summed E-state index contributed by atoms with van der Waals surface area (Å²) in [4.78, 5) is 13.9. The van der Waals surface area contributed by atoms with Crippen LogP contribution < -0.4 is 5.73 Å². The molecule has 1 amide bonds. The van der Waals surface area contributed by atoms with Crippen molar-refractivity contribution < 1.29 is 9.90 Å². The minimum Gasteiger partial charge on any atom is -0.399 e. The van der Waals surface area contributed by atoms with Crippen LogP contribution in [-0.2, 0) is 0 Å². The van der Waals surface area contributed by atoms with Gasteiger partial charge in [-0.15, -0.1) is 0 Å². The number of nitrogens with two attached hydrogens (primary N) is 1. The fourth-order valence-corrected chi connectivity index (χ4v) is 2.42. The van der Waals surface area contributed by atoms with Crippen LogP contribution in [0, 0.1) is 0 Å². The highest BCUT2D eigenvalue weighted by molar-refractivity contribution is 6.34. The fourth-order valence-electron chi connectivity index (χ4n) is 2.15. The van der Waals surface area contributed by atoms with Gasteiger partial charge in [-0.25, -0.2) is 0 Å². The van der Waals surface area contributed by atoms with Crippen molar-refractivity contribution in [3.63, 3.8) is 0 Å².